The Bertz CT molecular complexity index is 1540. The largest absolute Gasteiger partial charge is 0.480 e. The van der Waals surface area contributed by atoms with Crippen LogP contribution in [0.2, 0.25) is 0 Å². The van der Waals surface area contributed by atoms with Crippen molar-refractivity contribution in [3.05, 3.63) is 65.0 Å². The van der Waals surface area contributed by atoms with E-state index in [1.807, 2.05) is 31.2 Å². The van der Waals surface area contributed by atoms with E-state index in [9.17, 15) is 24.0 Å². The summed E-state index contributed by atoms with van der Waals surface area (Å²) in [6.45, 7) is 3.91. The van der Waals surface area contributed by atoms with Gasteiger partial charge < -0.3 is 10.1 Å². The second kappa shape index (κ2) is 12.2. The van der Waals surface area contributed by atoms with Gasteiger partial charge in [0.1, 0.15) is 11.8 Å². The van der Waals surface area contributed by atoms with E-state index < -0.39 is 35.8 Å². The molecule has 0 spiro atoms. The fourth-order valence-corrected chi connectivity index (χ4v) is 4.84. The van der Waals surface area contributed by atoms with E-state index in [-0.39, 0.29) is 42.2 Å². The summed E-state index contributed by atoms with van der Waals surface area (Å²) in [7, 11) is 0. The molecule has 2 N–H and O–H groups in total. The zero-order valence-electron chi connectivity index (χ0n) is 23.1. The minimum absolute atomic E-state index is 0.000563. The molecule has 3 heterocycles. The maximum absolute atomic E-state index is 13.4. The highest BCUT2D eigenvalue weighted by atomic mass is 16.5. The lowest BCUT2D eigenvalue weighted by molar-refractivity contribution is -0.136. The van der Waals surface area contributed by atoms with E-state index >= 15 is 0 Å². The number of unbranched alkanes of at least 4 members (excludes halogenated alkanes) is 1. The number of hydrogen-bond donors (Lipinski definition) is 2. The van der Waals surface area contributed by atoms with E-state index in [0.717, 1.165) is 22.4 Å². The maximum Gasteiger partial charge on any atom is 0.266 e. The number of carbonyl (C=O) groups is 5. The molecule has 0 aliphatic carbocycles. The molecular weight excluding hydrogens is 542 g/mol. The molecule has 1 aromatic heterocycles. The van der Waals surface area contributed by atoms with E-state index in [0.29, 0.717) is 24.5 Å². The summed E-state index contributed by atoms with van der Waals surface area (Å²) in [5, 5.41) is 20.9. The molecule has 0 radical (unpaired) electrons. The van der Waals surface area contributed by atoms with Crippen molar-refractivity contribution in [2.45, 2.75) is 64.6 Å². The Morgan fingerprint density at radius 2 is 1.79 bits per heavy atom. The summed E-state index contributed by atoms with van der Waals surface area (Å²) < 4.78 is 6.10. The van der Waals surface area contributed by atoms with Gasteiger partial charge in [0.05, 0.1) is 11.1 Å². The number of benzene rings is 2. The van der Waals surface area contributed by atoms with E-state index in [2.05, 4.69) is 31.0 Å². The van der Waals surface area contributed by atoms with Crippen molar-refractivity contribution >= 4 is 29.5 Å². The van der Waals surface area contributed by atoms with Crippen LogP contribution in [0.25, 0.3) is 11.4 Å². The van der Waals surface area contributed by atoms with Crippen LogP contribution in [0, 0.1) is 6.92 Å². The molecule has 42 heavy (non-hydrogen) atoms. The maximum atomic E-state index is 13.4. The van der Waals surface area contributed by atoms with E-state index in [4.69, 9.17) is 4.74 Å². The van der Waals surface area contributed by atoms with Crippen LogP contribution in [0.1, 0.15) is 71.1 Å². The Labute approximate surface area is 241 Å². The molecule has 13 heteroatoms. The fourth-order valence-electron chi connectivity index (χ4n) is 4.84. The number of nitrogens with one attached hydrogen (secondary N) is 2. The summed E-state index contributed by atoms with van der Waals surface area (Å²) in [6, 6.07) is 10.8. The molecule has 2 atom stereocenters. The van der Waals surface area contributed by atoms with Gasteiger partial charge in [-0.1, -0.05) is 43.7 Å². The first-order valence-corrected chi connectivity index (χ1v) is 13.7. The van der Waals surface area contributed by atoms with Gasteiger partial charge in [-0.15, -0.1) is 20.4 Å². The zero-order chi connectivity index (χ0) is 29.8. The fraction of sp³-hybridized carbons (Fsp3) is 0.345. The van der Waals surface area contributed by atoms with Crippen LogP contribution < -0.4 is 15.4 Å². The average Bonchev–Trinajstić information content (AvgIpc) is 3.24. The number of imide groups is 2. The van der Waals surface area contributed by atoms with Gasteiger partial charge in [0.25, 0.3) is 17.7 Å². The number of rotatable bonds is 10. The van der Waals surface area contributed by atoms with E-state index in [1.165, 1.54) is 12.1 Å². The SMILES string of the molecule is CCCCC(Oc1cccc2c1C(=O)N(C1CCC(=O)NC1=O)C2=O)C(=O)NCc1ccc(-c2nnc(C)nn2)cc1. The molecule has 5 amide bonds. The number of hydrogen-bond acceptors (Lipinski definition) is 10. The molecule has 1 fully saturated rings. The molecule has 1 saturated heterocycles. The average molecular weight is 572 g/mol. The van der Waals surface area contributed by atoms with Crippen molar-refractivity contribution < 1.29 is 28.7 Å². The summed E-state index contributed by atoms with van der Waals surface area (Å²) in [4.78, 5) is 64.7. The number of aromatic nitrogens is 4. The van der Waals surface area contributed by atoms with Crippen molar-refractivity contribution in [1.82, 2.24) is 35.9 Å². The van der Waals surface area contributed by atoms with Gasteiger partial charge in [-0.25, -0.2) is 0 Å². The van der Waals surface area contributed by atoms with Crippen LogP contribution in [0.4, 0.5) is 0 Å². The molecule has 0 saturated carbocycles. The second-order valence-electron chi connectivity index (χ2n) is 10.1. The van der Waals surface area contributed by atoms with E-state index in [1.54, 1.807) is 13.0 Å². The highest BCUT2D eigenvalue weighted by molar-refractivity contribution is 6.24. The van der Waals surface area contributed by atoms with Gasteiger partial charge >= 0.3 is 0 Å². The lowest BCUT2D eigenvalue weighted by Gasteiger charge is -2.27. The topological polar surface area (TPSA) is 173 Å². The number of fused-ring (bicyclic) bond motifs is 1. The first-order valence-electron chi connectivity index (χ1n) is 13.7. The molecule has 216 valence electrons. The first-order chi connectivity index (χ1) is 20.3. The lowest BCUT2D eigenvalue weighted by atomic mass is 10.0. The monoisotopic (exact) mass is 571 g/mol. The number of amides is 5. The number of nitrogens with zero attached hydrogens (tertiary/aromatic N) is 5. The first kappa shape index (κ1) is 28.5. The molecule has 13 nitrogen and oxygen atoms in total. The second-order valence-corrected chi connectivity index (χ2v) is 10.1. The molecule has 2 aromatic carbocycles. The predicted octanol–water partition coefficient (Wildman–Crippen LogP) is 1.90. The predicted molar refractivity (Wildman–Crippen MR) is 147 cm³/mol. The third-order valence-electron chi connectivity index (χ3n) is 7.07. The Morgan fingerprint density at radius 1 is 1.05 bits per heavy atom. The van der Waals surface area contributed by atoms with Crippen molar-refractivity contribution in [1.29, 1.82) is 0 Å². The van der Waals surface area contributed by atoms with Crippen molar-refractivity contribution in [3.63, 3.8) is 0 Å². The minimum atomic E-state index is -1.10. The van der Waals surface area contributed by atoms with Crippen molar-refractivity contribution in [2.24, 2.45) is 0 Å². The van der Waals surface area contributed by atoms with Gasteiger partial charge in [0, 0.05) is 18.5 Å². The normalized spacial score (nSPS) is 17.1. The summed E-state index contributed by atoms with van der Waals surface area (Å²) >= 11 is 0. The van der Waals surface area contributed by atoms with Crippen LogP contribution in [-0.4, -0.2) is 67.0 Å². The molecule has 5 rings (SSSR count). The van der Waals surface area contributed by atoms with Gasteiger partial charge in [-0.3, -0.25) is 34.2 Å². The highest BCUT2D eigenvalue weighted by Crippen LogP contribution is 2.34. The van der Waals surface area contributed by atoms with Gasteiger partial charge in [0.2, 0.25) is 17.6 Å². The smallest absolute Gasteiger partial charge is 0.266 e. The standard InChI is InChI=1S/C29H29N7O6/c1-3-4-7-22(27(39)30-15-17-9-11-18(12-10-17)25-34-32-16(2)33-35-25)42-21-8-5-6-19-24(21)29(41)36(28(19)40)20-13-14-23(37)31-26(20)38/h5-6,8-12,20,22H,3-4,7,13-15H2,1-2H3,(H,30,39)(H,31,37,38). The molecular formula is C29H29N7O6. The number of carbonyl (C=O) groups excluding carboxylic acids is 5. The Hall–Kier alpha value is -5.07. The third kappa shape index (κ3) is 5.85. The molecule has 2 unspecified atom stereocenters. The lowest BCUT2D eigenvalue weighted by Crippen LogP contribution is -2.54. The molecule has 0 bridgehead atoms. The third-order valence-corrected chi connectivity index (χ3v) is 7.07. The molecule has 2 aliphatic heterocycles. The highest BCUT2D eigenvalue weighted by Gasteiger charge is 2.46. The van der Waals surface area contributed by atoms with Crippen molar-refractivity contribution in [2.75, 3.05) is 0 Å². The number of aryl methyl sites for hydroxylation is 1. The van der Waals surface area contributed by atoms with Crippen LogP contribution in [0.5, 0.6) is 5.75 Å². The minimum Gasteiger partial charge on any atom is -0.480 e. The van der Waals surface area contributed by atoms with Gasteiger partial charge in [-0.05, 0) is 43.9 Å². The van der Waals surface area contributed by atoms with Crippen LogP contribution in [-0.2, 0) is 20.9 Å². The molecule has 3 aromatic rings. The van der Waals surface area contributed by atoms with Crippen molar-refractivity contribution in [3.8, 4) is 17.1 Å². The van der Waals surface area contributed by atoms with Gasteiger partial charge in [0.15, 0.2) is 11.9 Å². The summed E-state index contributed by atoms with van der Waals surface area (Å²) in [6.07, 6.45) is 1.02. The zero-order valence-corrected chi connectivity index (χ0v) is 23.1. The Kier molecular flexibility index (Phi) is 8.27. The summed E-state index contributed by atoms with van der Waals surface area (Å²) in [5.41, 5.74) is 1.65. The molecule has 2 aliphatic rings. The van der Waals surface area contributed by atoms with Crippen LogP contribution >= 0.6 is 0 Å². The number of piperidine rings is 1. The van der Waals surface area contributed by atoms with Crippen LogP contribution in [0.3, 0.4) is 0 Å². The quantitative estimate of drug-likeness (QED) is 0.342. The Morgan fingerprint density at radius 3 is 2.48 bits per heavy atom. The van der Waals surface area contributed by atoms with Crippen LogP contribution in [0.15, 0.2) is 42.5 Å². The Balaban J connectivity index is 1.29. The van der Waals surface area contributed by atoms with Gasteiger partial charge in [-0.2, -0.15) is 0 Å². The summed E-state index contributed by atoms with van der Waals surface area (Å²) in [5.74, 6) is -1.91. The number of ether oxygens (including phenoxy) is 1.